The van der Waals surface area contributed by atoms with Gasteiger partial charge in [-0.2, -0.15) is 4.98 Å². The number of para-hydroxylation sites is 2. The van der Waals surface area contributed by atoms with Crippen molar-refractivity contribution in [2.75, 3.05) is 7.11 Å². The first-order valence-electron chi connectivity index (χ1n) is 9.90. The molecule has 160 valence electrons. The second kappa shape index (κ2) is 9.53. The lowest BCUT2D eigenvalue weighted by Crippen LogP contribution is -2.22. The molecule has 2 aromatic heterocycles. The van der Waals surface area contributed by atoms with E-state index in [9.17, 15) is 4.79 Å². The third-order valence-corrected chi connectivity index (χ3v) is 5.87. The first-order valence-corrected chi connectivity index (χ1v) is 11.3. The first-order chi connectivity index (χ1) is 15.1. The van der Waals surface area contributed by atoms with Crippen LogP contribution in [0.1, 0.15) is 31.5 Å². The minimum absolute atomic E-state index is 0.206. The Bertz CT molecular complexity index is 1270. The number of fused-ring (bicyclic) bond motifs is 1. The molecule has 9 heteroatoms. The van der Waals surface area contributed by atoms with Gasteiger partial charge in [-0.1, -0.05) is 54.0 Å². The predicted molar refractivity (Wildman–Crippen MR) is 121 cm³/mol. The van der Waals surface area contributed by atoms with Crippen LogP contribution in [0, 0.1) is 0 Å². The van der Waals surface area contributed by atoms with Crippen LogP contribution in [0.4, 0.5) is 0 Å². The highest BCUT2D eigenvalue weighted by atomic mass is 35.5. The van der Waals surface area contributed by atoms with Crippen molar-refractivity contribution >= 4 is 34.3 Å². The zero-order valence-corrected chi connectivity index (χ0v) is 18.7. The van der Waals surface area contributed by atoms with Gasteiger partial charge < -0.3 is 9.26 Å². The van der Waals surface area contributed by atoms with E-state index in [1.54, 1.807) is 35.9 Å². The lowest BCUT2D eigenvalue weighted by Gasteiger charge is -2.15. The molecular weight excluding hydrogens is 436 g/mol. The lowest BCUT2D eigenvalue weighted by atomic mass is 10.2. The van der Waals surface area contributed by atoms with E-state index in [0.29, 0.717) is 50.0 Å². The van der Waals surface area contributed by atoms with Crippen molar-refractivity contribution in [1.29, 1.82) is 0 Å². The van der Waals surface area contributed by atoms with Crippen LogP contribution in [-0.4, -0.2) is 26.8 Å². The summed E-state index contributed by atoms with van der Waals surface area (Å²) in [6, 6.07) is 12.4. The molecule has 4 rings (SSSR count). The van der Waals surface area contributed by atoms with E-state index in [2.05, 4.69) is 17.1 Å². The number of hydrogen-bond acceptors (Lipinski definition) is 7. The van der Waals surface area contributed by atoms with E-state index in [-0.39, 0.29) is 5.56 Å². The van der Waals surface area contributed by atoms with Crippen molar-refractivity contribution in [3.63, 3.8) is 0 Å². The van der Waals surface area contributed by atoms with Gasteiger partial charge in [0, 0.05) is 11.4 Å². The fourth-order valence-electron chi connectivity index (χ4n) is 3.17. The molecule has 0 unspecified atom stereocenters. The Hall–Kier alpha value is -2.84. The van der Waals surface area contributed by atoms with E-state index in [1.807, 2.05) is 18.2 Å². The summed E-state index contributed by atoms with van der Waals surface area (Å²) in [5.41, 5.74) is 0.930. The zero-order chi connectivity index (χ0) is 21.8. The third-order valence-electron chi connectivity index (χ3n) is 4.72. The van der Waals surface area contributed by atoms with Crippen LogP contribution in [0.15, 0.2) is 56.9 Å². The van der Waals surface area contributed by atoms with Gasteiger partial charge in [-0.05, 0) is 36.8 Å². The molecule has 0 spiro atoms. The zero-order valence-electron chi connectivity index (χ0n) is 17.2. The normalized spacial score (nSPS) is 11.2. The van der Waals surface area contributed by atoms with E-state index >= 15 is 0 Å². The SMILES string of the molecule is CCCCc1noc(CSc2nc3cc(Cl)ccc3c(=O)n2-c2ccccc2OC)n1. The number of halogens is 1. The van der Waals surface area contributed by atoms with E-state index in [1.165, 1.54) is 11.8 Å². The molecule has 0 aliphatic heterocycles. The van der Waals surface area contributed by atoms with Gasteiger partial charge in [0.2, 0.25) is 5.89 Å². The summed E-state index contributed by atoms with van der Waals surface area (Å²) >= 11 is 7.48. The number of benzene rings is 2. The smallest absolute Gasteiger partial charge is 0.266 e. The van der Waals surface area contributed by atoms with Crippen molar-refractivity contribution < 1.29 is 9.26 Å². The number of hydrogen-bond donors (Lipinski definition) is 0. The number of aryl methyl sites for hydroxylation is 1. The topological polar surface area (TPSA) is 83.0 Å². The maximum absolute atomic E-state index is 13.4. The van der Waals surface area contributed by atoms with Gasteiger partial charge in [-0.25, -0.2) is 4.98 Å². The van der Waals surface area contributed by atoms with Crippen LogP contribution in [0.25, 0.3) is 16.6 Å². The Morgan fingerprint density at radius 2 is 2.03 bits per heavy atom. The molecule has 31 heavy (non-hydrogen) atoms. The van der Waals surface area contributed by atoms with Crippen molar-refractivity contribution in [1.82, 2.24) is 19.7 Å². The van der Waals surface area contributed by atoms with Crippen molar-refractivity contribution in [2.45, 2.75) is 37.1 Å². The van der Waals surface area contributed by atoms with Crippen LogP contribution in [0.3, 0.4) is 0 Å². The van der Waals surface area contributed by atoms with Gasteiger partial charge in [0.25, 0.3) is 5.56 Å². The molecule has 4 aromatic rings. The maximum Gasteiger partial charge on any atom is 0.266 e. The summed E-state index contributed by atoms with van der Waals surface area (Å²) in [5, 5.41) is 5.50. The molecule has 7 nitrogen and oxygen atoms in total. The Labute approximate surface area is 188 Å². The fraction of sp³-hybridized carbons (Fsp3) is 0.273. The highest BCUT2D eigenvalue weighted by Gasteiger charge is 2.18. The van der Waals surface area contributed by atoms with Gasteiger partial charge in [0.15, 0.2) is 11.0 Å². The third kappa shape index (κ3) is 4.60. The molecule has 0 saturated carbocycles. The average molecular weight is 457 g/mol. The van der Waals surface area contributed by atoms with E-state index in [0.717, 1.165) is 19.3 Å². The van der Waals surface area contributed by atoms with Crippen LogP contribution >= 0.6 is 23.4 Å². The molecule has 0 bridgehead atoms. The average Bonchev–Trinajstić information content (AvgIpc) is 3.24. The van der Waals surface area contributed by atoms with Gasteiger partial charge in [0.1, 0.15) is 5.75 Å². The summed E-state index contributed by atoms with van der Waals surface area (Å²) in [6.07, 6.45) is 2.85. The van der Waals surface area contributed by atoms with Gasteiger partial charge in [0.05, 0.1) is 29.5 Å². The van der Waals surface area contributed by atoms with Crippen molar-refractivity contribution in [3.05, 3.63) is 69.6 Å². The fourth-order valence-corrected chi connectivity index (χ4v) is 4.18. The Kier molecular flexibility index (Phi) is 6.58. The number of thioether (sulfide) groups is 1. The minimum atomic E-state index is -0.206. The second-order valence-electron chi connectivity index (χ2n) is 6.86. The summed E-state index contributed by atoms with van der Waals surface area (Å²) in [4.78, 5) is 22.6. The van der Waals surface area contributed by atoms with E-state index < -0.39 is 0 Å². The molecule has 0 aliphatic rings. The quantitative estimate of drug-likeness (QED) is 0.270. The molecule has 0 radical (unpaired) electrons. The maximum atomic E-state index is 13.4. The van der Waals surface area contributed by atoms with Gasteiger partial charge in [-0.3, -0.25) is 9.36 Å². The lowest BCUT2D eigenvalue weighted by molar-refractivity contribution is 0.384. The summed E-state index contributed by atoms with van der Waals surface area (Å²) < 4.78 is 12.4. The molecule has 2 heterocycles. The predicted octanol–water partition coefficient (Wildman–Crippen LogP) is 5.07. The van der Waals surface area contributed by atoms with Gasteiger partial charge >= 0.3 is 0 Å². The van der Waals surface area contributed by atoms with Crippen LogP contribution in [-0.2, 0) is 12.2 Å². The number of ether oxygens (including phenoxy) is 1. The summed E-state index contributed by atoms with van der Waals surface area (Å²) in [7, 11) is 1.57. The molecule has 0 N–H and O–H groups in total. The van der Waals surface area contributed by atoms with Crippen molar-refractivity contribution in [3.8, 4) is 11.4 Å². The van der Waals surface area contributed by atoms with Crippen LogP contribution in [0.5, 0.6) is 5.75 Å². The van der Waals surface area contributed by atoms with Crippen LogP contribution < -0.4 is 10.3 Å². The van der Waals surface area contributed by atoms with Crippen LogP contribution in [0.2, 0.25) is 5.02 Å². The molecule has 0 fully saturated rings. The Balaban J connectivity index is 1.77. The number of nitrogens with zero attached hydrogens (tertiary/aromatic N) is 4. The molecule has 0 aliphatic carbocycles. The Morgan fingerprint density at radius 1 is 1.19 bits per heavy atom. The first kappa shape index (κ1) is 21.4. The highest BCUT2D eigenvalue weighted by molar-refractivity contribution is 7.98. The van der Waals surface area contributed by atoms with Crippen molar-refractivity contribution in [2.24, 2.45) is 0 Å². The number of unbranched alkanes of at least 4 members (excludes halogenated alkanes) is 1. The molecule has 0 saturated heterocycles. The number of aromatic nitrogens is 4. The molecule has 0 atom stereocenters. The molecule has 0 amide bonds. The second-order valence-corrected chi connectivity index (χ2v) is 8.24. The van der Waals surface area contributed by atoms with Gasteiger partial charge in [-0.15, -0.1) is 0 Å². The minimum Gasteiger partial charge on any atom is -0.495 e. The van der Waals surface area contributed by atoms with E-state index in [4.69, 9.17) is 25.8 Å². The summed E-state index contributed by atoms with van der Waals surface area (Å²) in [6.45, 7) is 2.12. The number of methoxy groups -OCH3 is 1. The molecule has 2 aromatic carbocycles. The largest absolute Gasteiger partial charge is 0.495 e. The summed E-state index contributed by atoms with van der Waals surface area (Å²) in [5.74, 6) is 2.13. The molecular formula is C22H21ClN4O3S. The highest BCUT2D eigenvalue weighted by Crippen LogP contribution is 2.29. The number of rotatable bonds is 8. The monoisotopic (exact) mass is 456 g/mol. The standard InChI is InChI=1S/C22H21ClN4O3S/c1-3-4-9-19-25-20(30-26-19)13-31-22-24-16-12-14(23)10-11-15(16)21(28)27(22)17-7-5-6-8-18(17)29-2/h5-8,10-12H,3-4,9,13H2,1-2H3. The Morgan fingerprint density at radius 3 is 2.84 bits per heavy atom.